The first-order chi connectivity index (χ1) is 15.1. The average Bonchev–Trinajstić information content (AvgIpc) is 3.17. The number of carbonyl (C=O) groups excluding carboxylic acids is 1. The summed E-state index contributed by atoms with van der Waals surface area (Å²) in [7, 11) is 3.47. The molecule has 1 aromatic heterocycles. The Morgan fingerprint density at radius 1 is 1.29 bits per heavy atom. The Hall–Kier alpha value is -3.10. The molecule has 0 atom stereocenters. The van der Waals surface area contributed by atoms with E-state index >= 15 is 0 Å². The smallest absolute Gasteiger partial charge is 0.245 e. The molecule has 31 heavy (non-hydrogen) atoms. The van der Waals surface area contributed by atoms with Crippen LogP contribution < -0.4 is 19.7 Å². The molecule has 2 heterocycles. The number of aryl methyl sites for hydroxylation is 1. The van der Waals surface area contributed by atoms with Crippen LogP contribution in [0.2, 0.25) is 0 Å². The van der Waals surface area contributed by atoms with E-state index in [1.807, 2.05) is 31.3 Å². The summed E-state index contributed by atoms with van der Waals surface area (Å²) in [5.41, 5.74) is 1.13. The highest BCUT2D eigenvalue weighted by molar-refractivity contribution is 5.80. The Morgan fingerprint density at radius 3 is 2.71 bits per heavy atom. The van der Waals surface area contributed by atoms with Gasteiger partial charge in [0.25, 0.3) is 0 Å². The molecule has 0 bridgehead atoms. The maximum absolute atomic E-state index is 12.7. The van der Waals surface area contributed by atoms with E-state index in [1.165, 1.54) is 0 Å². The van der Waals surface area contributed by atoms with Crippen molar-refractivity contribution < 1.29 is 14.3 Å². The molecule has 0 unspecified atom stereocenters. The maximum atomic E-state index is 12.7. The molecule has 4 rings (SSSR count). The molecule has 1 amide bonds. The minimum atomic E-state index is 0.00771. The third kappa shape index (κ3) is 4.81. The van der Waals surface area contributed by atoms with Crippen molar-refractivity contribution in [3.63, 3.8) is 0 Å². The van der Waals surface area contributed by atoms with E-state index in [9.17, 15) is 4.79 Å². The average molecular weight is 427 g/mol. The van der Waals surface area contributed by atoms with Crippen LogP contribution in [0.1, 0.15) is 31.2 Å². The summed E-state index contributed by atoms with van der Waals surface area (Å²) in [6.07, 6.45) is 5.91. The number of benzene rings is 1. The number of methoxy groups -OCH3 is 1. The van der Waals surface area contributed by atoms with Crippen molar-refractivity contribution in [1.29, 1.82) is 0 Å². The molecule has 9 nitrogen and oxygen atoms in total. The fourth-order valence-electron chi connectivity index (χ4n) is 4.20. The van der Waals surface area contributed by atoms with E-state index in [-0.39, 0.29) is 24.0 Å². The number of hydrogen-bond acceptors (Lipinski definition) is 7. The van der Waals surface area contributed by atoms with Crippen molar-refractivity contribution >= 4 is 11.9 Å². The first-order valence-corrected chi connectivity index (χ1v) is 10.8. The molecule has 0 spiro atoms. The van der Waals surface area contributed by atoms with Crippen LogP contribution in [-0.2, 0) is 18.3 Å². The molecule has 1 aliphatic carbocycles. The fourth-order valence-corrected chi connectivity index (χ4v) is 4.20. The van der Waals surface area contributed by atoms with E-state index in [2.05, 4.69) is 32.3 Å². The number of piperidine rings is 1. The number of nitrogens with zero attached hydrogens (tertiary/aromatic N) is 5. The van der Waals surface area contributed by atoms with Gasteiger partial charge < -0.3 is 19.7 Å². The van der Waals surface area contributed by atoms with Crippen LogP contribution >= 0.6 is 0 Å². The lowest BCUT2D eigenvalue weighted by molar-refractivity contribution is -0.131. The third-order valence-corrected chi connectivity index (χ3v) is 6.09. The summed E-state index contributed by atoms with van der Waals surface area (Å²) >= 11 is 0. The van der Waals surface area contributed by atoms with Crippen LogP contribution in [0.3, 0.4) is 0 Å². The lowest BCUT2D eigenvalue weighted by atomic mass is 9.81. The van der Waals surface area contributed by atoms with E-state index in [0.717, 1.165) is 62.5 Å². The molecule has 1 aliphatic heterocycles. The quantitative estimate of drug-likeness (QED) is 0.644. The molecular weight excluding hydrogens is 396 g/mol. The largest absolute Gasteiger partial charge is 0.493 e. The zero-order valence-electron chi connectivity index (χ0n) is 18.2. The van der Waals surface area contributed by atoms with Gasteiger partial charge in [-0.25, -0.2) is 4.68 Å². The van der Waals surface area contributed by atoms with Crippen molar-refractivity contribution in [3.05, 3.63) is 36.4 Å². The van der Waals surface area contributed by atoms with Crippen molar-refractivity contribution in [2.24, 2.45) is 13.0 Å². The molecule has 0 radical (unpaired) electrons. The third-order valence-electron chi connectivity index (χ3n) is 6.09. The summed E-state index contributed by atoms with van der Waals surface area (Å²) in [4.78, 5) is 14.8. The van der Waals surface area contributed by atoms with Gasteiger partial charge >= 0.3 is 0 Å². The summed E-state index contributed by atoms with van der Waals surface area (Å²) < 4.78 is 13.2. The van der Waals surface area contributed by atoms with Crippen LogP contribution in [0.15, 0.2) is 30.9 Å². The Bertz CT molecular complexity index is 916. The Kier molecular flexibility index (Phi) is 6.39. The number of amides is 1. The van der Waals surface area contributed by atoms with Crippen molar-refractivity contribution in [2.75, 3.05) is 25.1 Å². The monoisotopic (exact) mass is 426 g/mol. The molecule has 1 aromatic carbocycles. The van der Waals surface area contributed by atoms with E-state index in [1.54, 1.807) is 11.8 Å². The summed E-state index contributed by atoms with van der Waals surface area (Å²) in [6.45, 7) is 5.45. The molecule has 2 aromatic rings. The van der Waals surface area contributed by atoms with Crippen molar-refractivity contribution in [1.82, 2.24) is 25.5 Å². The molecular formula is C22H30N6O3. The lowest BCUT2D eigenvalue weighted by Crippen LogP contribution is -2.50. The van der Waals surface area contributed by atoms with Crippen molar-refractivity contribution in [2.45, 2.75) is 44.2 Å². The SMILES string of the molecule is C=CCc1ccc(OC)c(O[C@H]2C[C@H](C(=O)NC3CCN(c4nnnn4C)CC3)C2)c1. The van der Waals surface area contributed by atoms with Crippen LogP contribution in [0.5, 0.6) is 11.5 Å². The second-order valence-corrected chi connectivity index (χ2v) is 8.26. The summed E-state index contributed by atoms with van der Waals surface area (Å²) in [6, 6.07) is 6.12. The van der Waals surface area contributed by atoms with Crippen LogP contribution in [0.25, 0.3) is 0 Å². The number of allylic oxidation sites excluding steroid dienone is 1. The fraction of sp³-hybridized carbons (Fsp3) is 0.545. The maximum Gasteiger partial charge on any atom is 0.245 e. The van der Waals surface area contributed by atoms with E-state index in [4.69, 9.17) is 9.47 Å². The highest BCUT2D eigenvalue weighted by Gasteiger charge is 2.37. The standard InChI is InChI=1S/C22H30N6O3/c1-4-5-15-6-7-19(30-3)20(12-15)31-18-13-16(14-18)21(29)23-17-8-10-28(11-9-17)22-24-25-26-27(22)2/h4,6-7,12,16-18H,1,5,8-11,13-14H2,2-3H3,(H,23,29)/t16-,18-. The highest BCUT2D eigenvalue weighted by atomic mass is 16.5. The van der Waals surface area contributed by atoms with E-state index in [0.29, 0.717) is 5.75 Å². The minimum absolute atomic E-state index is 0.00771. The van der Waals surface area contributed by atoms with Crippen LogP contribution in [-0.4, -0.2) is 58.5 Å². The summed E-state index contributed by atoms with van der Waals surface area (Å²) in [5, 5.41) is 14.9. The van der Waals surface area contributed by atoms with Crippen LogP contribution in [0, 0.1) is 5.92 Å². The second kappa shape index (κ2) is 9.36. The topological polar surface area (TPSA) is 94.4 Å². The first kappa shape index (κ1) is 21.1. The molecule has 166 valence electrons. The van der Waals surface area contributed by atoms with E-state index < -0.39 is 0 Å². The number of ether oxygens (including phenoxy) is 2. The number of aromatic nitrogens is 4. The zero-order valence-corrected chi connectivity index (χ0v) is 18.2. The zero-order chi connectivity index (χ0) is 21.8. The van der Waals surface area contributed by atoms with Gasteiger partial charge in [-0.2, -0.15) is 0 Å². The van der Waals surface area contributed by atoms with Gasteiger partial charge in [-0.05, 0) is 60.2 Å². The van der Waals surface area contributed by atoms with Crippen molar-refractivity contribution in [3.8, 4) is 11.5 Å². The second-order valence-electron chi connectivity index (χ2n) is 8.26. The number of nitrogens with one attached hydrogen (secondary N) is 1. The van der Waals surface area contributed by atoms with Crippen LogP contribution in [0.4, 0.5) is 5.95 Å². The molecule has 2 fully saturated rings. The molecule has 1 saturated carbocycles. The van der Waals surface area contributed by atoms with Gasteiger partial charge in [-0.1, -0.05) is 17.2 Å². The Balaban J connectivity index is 1.23. The Morgan fingerprint density at radius 2 is 2.06 bits per heavy atom. The number of carbonyl (C=O) groups is 1. The van der Waals surface area contributed by atoms with Gasteiger partial charge in [0.05, 0.1) is 7.11 Å². The molecule has 9 heteroatoms. The van der Waals surface area contributed by atoms with Gasteiger partial charge in [0.2, 0.25) is 11.9 Å². The number of anilines is 1. The normalized spacial score (nSPS) is 21.3. The number of hydrogen-bond donors (Lipinski definition) is 1. The lowest BCUT2D eigenvalue weighted by Gasteiger charge is -2.37. The molecule has 1 N–H and O–H groups in total. The van der Waals surface area contributed by atoms with Gasteiger partial charge in [0.15, 0.2) is 11.5 Å². The first-order valence-electron chi connectivity index (χ1n) is 10.8. The molecule has 1 saturated heterocycles. The predicted octanol–water partition coefficient (Wildman–Crippen LogP) is 1.89. The number of rotatable bonds is 8. The van der Waals surface area contributed by atoms with Gasteiger partial charge in [-0.3, -0.25) is 4.79 Å². The highest BCUT2D eigenvalue weighted by Crippen LogP contribution is 2.36. The van der Waals surface area contributed by atoms with Gasteiger partial charge in [-0.15, -0.1) is 6.58 Å². The Labute approximate surface area is 182 Å². The predicted molar refractivity (Wildman–Crippen MR) is 116 cm³/mol. The minimum Gasteiger partial charge on any atom is -0.493 e. The summed E-state index contributed by atoms with van der Waals surface area (Å²) in [5.74, 6) is 2.36. The van der Waals surface area contributed by atoms with Gasteiger partial charge in [0.1, 0.15) is 6.10 Å². The van der Waals surface area contributed by atoms with Gasteiger partial charge in [0, 0.05) is 32.1 Å². The molecule has 2 aliphatic rings. The number of tetrazole rings is 1.